The van der Waals surface area contributed by atoms with E-state index in [9.17, 15) is 63.0 Å². The van der Waals surface area contributed by atoms with Gasteiger partial charge in [0.25, 0.3) is 0 Å². The minimum absolute atomic E-state index is 0.00709. The Morgan fingerprint density at radius 1 is 0.634 bits per heavy atom. The van der Waals surface area contributed by atoms with Gasteiger partial charge in [-0.05, 0) is 120 Å². The van der Waals surface area contributed by atoms with Gasteiger partial charge in [-0.15, -0.1) is 0 Å². The van der Waals surface area contributed by atoms with Crippen LogP contribution in [-0.2, 0) is 59.2 Å². The summed E-state index contributed by atoms with van der Waals surface area (Å²) in [4.78, 5) is 170. The molecule has 1 aromatic rings. The molecule has 2 aliphatic heterocycles. The smallest absolute Gasteiger partial charge is 0.326 e. The lowest BCUT2D eigenvalue weighted by Crippen LogP contribution is -2.61. The highest BCUT2D eigenvalue weighted by Gasteiger charge is 2.40. The van der Waals surface area contributed by atoms with Crippen molar-refractivity contribution < 1.29 is 63.0 Å². The predicted octanol–water partition coefficient (Wildman–Crippen LogP) is -4.15. The van der Waals surface area contributed by atoms with Crippen molar-refractivity contribution in [2.45, 2.75) is 203 Å². The number of carbonyl (C=O) groups is 11. The van der Waals surface area contributed by atoms with Crippen LogP contribution < -0.4 is 76.9 Å². The van der Waals surface area contributed by atoms with Crippen LogP contribution in [0.4, 0.5) is 0 Å². The van der Waals surface area contributed by atoms with Gasteiger partial charge in [-0.2, -0.15) is 11.8 Å². The number of hydrogen-bond donors (Lipinski definition) is 17. The standard InChI is InChI=1S/C59H102N20O13S/c1-34(2)27-41(74-49(83)39(17-10-23-68-59(64)65)72-55(89)46-19-12-25-79(46)56(90)37(61)15-9-22-67-58(62)63)51(85)77-44(32-80)53(87)75-42(29-36-30-66-33-70-36)52(86)71-38(16-7-8-21-60)48(82)69-31-47(81)78-24-11-18-45(78)54(88)73-40(20-26-93-3)50(84)76-43(57(91)92)28-35-13-5-4-6-14-35/h30,33-35,37-46,80H,4-29,31-32,60-61H2,1-3H3,(H,66,70)(H,69,82)(H,71,86)(H,72,89)(H,73,88)(H,74,83)(H,75,87)(H,76,84)(H,77,85)(H,91,92)(H4,62,63,67)(H4,64,65,68)/t37-,38-,39-,40-,41-,42-,43-,44-,45-,46-/m0/s1. The van der Waals surface area contributed by atoms with E-state index in [1.165, 1.54) is 34.1 Å². The Hall–Kier alpha value is -7.85. The molecule has 23 N–H and O–H groups in total. The molecule has 0 aromatic carbocycles. The molecule has 4 rings (SSSR count). The number of carbonyl (C=O) groups excluding carboxylic acids is 10. The van der Waals surface area contributed by atoms with Gasteiger partial charge in [0, 0.05) is 44.5 Å². The highest BCUT2D eigenvalue weighted by atomic mass is 32.2. The number of nitrogens with zero attached hydrogens (tertiary/aromatic N) is 5. The first-order valence-electron chi connectivity index (χ1n) is 32.2. The molecule has 522 valence electrons. The zero-order chi connectivity index (χ0) is 68.6. The quantitative estimate of drug-likeness (QED) is 0.0168. The van der Waals surface area contributed by atoms with Crippen LogP contribution >= 0.6 is 11.8 Å². The minimum Gasteiger partial charge on any atom is -0.480 e. The van der Waals surface area contributed by atoms with E-state index in [1.807, 2.05) is 6.26 Å². The maximum absolute atomic E-state index is 14.4. The lowest BCUT2D eigenvalue weighted by molar-refractivity contribution is -0.143. The second kappa shape index (κ2) is 41.0. The minimum atomic E-state index is -1.72. The zero-order valence-electron chi connectivity index (χ0n) is 53.9. The maximum atomic E-state index is 14.4. The molecule has 10 amide bonds. The van der Waals surface area contributed by atoms with E-state index in [2.05, 4.69) is 62.5 Å². The number of nitrogens with two attached hydrogens (primary N) is 6. The lowest BCUT2D eigenvalue weighted by Gasteiger charge is -2.29. The predicted molar refractivity (Wildman–Crippen MR) is 347 cm³/mol. The van der Waals surface area contributed by atoms with E-state index in [4.69, 9.17) is 34.4 Å². The van der Waals surface area contributed by atoms with Crippen LogP contribution in [-0.4, -0.2) is 225 Å². The van der Waals surface area contributed by atoms with E-state index in [0.29, 0.717) is 43.6 Å². The number of imidazole rings is 1. The normalized spacial score (nSPS) is 18.2. The number of H-pyrrole nitrogens is 1. The molecule has 33 nitrogen and oxygen atoms in total. The average molecular weight is 1330 g/mol. The van der Waals surface area contributed by atoms with Gasteiger partial charge in [-0.25, -0.2) is 9.78 Å². The Morgan fingerprint density at radius 2 is 1.15 bits per heavy atom. The number of aliphatic hydroxyl groups is 1. The van der Waals surface area contributed by atoms with E-state index in [1.54, 1.807) is 13.8 Å². The molecular formula is C59H102N20O13S. The van der Waals surface area contributed by atoms with E-state index >= 15 is 0 Å². The molecule has 2 saturated heterocycles. The largest absolute Gasteiger partial charge is 0.480 e. The highest BCUT2D eigenvalue weighted by Crippen LogP contribution is 2.28. The second-order valence-corrected chi connectivity index (χ2v) is 25.3. The fourth-order valence-corrected chi connectivity index (χ4v) is 12.0. The Morgan fingerprint density at radius 3 is 1.72 bits per heavy atom. The second-order valence-electron chi connectivity index (χ2n) is 24.3. The summed E-state index contributed by atoms with van der Waals surface area (Å²) in [5, 5.41) is 41.7. The molecule has 3 fully saturated rings. The van der Waals surface area contributed by atoms with Gasteiger partial charge in [-0.3, -0.25) is 57.9 Å². The maximum Gasteiger partial charge on any atom is 0.326 e. The van der Waals surface area contributed by atoms with Crippen molar-refractivity contribution in [2.75, 3.05) is 57.9 Å². The number of aromatic amines is 1. The number of aliphatic imine (C=N–C) groups is 2. The third kappa shape index (κ3) is 27.0. The van der Waals surface area contributed by atoms with Gasteiger partial charge in [0.15, 0.2) is 11.9 Å². The van der Waals surface area contributed by atoms with Gasteiger partial charge >= 0.3 is 5.97 Å². The summed E-state index contributed by atoms with van der Waals surface area (Å²) in [6.45, 7) is 2.92. The van der Waals surface area contributed by atoms with Gasteiger partial charge < -0.3 is 102 Å². The number of likely N-dealkylation sites (tertiary alicyclic amines) is 2. The van der Waals surface area contributed by atoms with E-state index in [0.717, 1.165) is 32.1 Å². The SMILES string of the molecule is CSCC[C@H](NC(=O)[C@@H]1CCCN1C(=O)CNC(=O)[C@H](CCCCN)NC(=O)[C@H](Cc1cnc[nH]1)NC(=O)[C@H](CO)NC(=O)[C@H](CC(C)C)NC(=O)[C@H](CCCN=C(N)N)NC(=O)[C@@H]1CCCN1C(=O)[C@@H](N)CCCN=C(N)N)C(=O)N[C@@H](CC1CCCCC1)C(=O)O. The van der Waals surface area contributed by atoms with E-state index < -0.39 is 139 Å². The molecule has 0 spiro atoms. The zero-order valence-corrected chi connectivity index (χ0v) is 54.7. The van der Waals surface area contributed by atoms with Crippen molar-refractivity contribution in [3.8, 4) is 0 Å². The number of aromatic nitrogens is 2. The van der Waals surface area contributed by atoms with Crippen molar-refractivity contribution >= 4 is 88.7 Å². The third-order valence-corrected chi connectivity index (χ3v) is 17.1. The first-order valence-corrected chi connectivity index (χ1v) is 33.6. The number of nitrogens with one attached hydrogen (secondary N) is 9. The molecule has 1 saturated carbocycles. The van der Waals surface area contributed by atoms with Crippen molar-refractivity contribution in [1.29, 1.82) is 0 Å². The first kappa shape index (κ1) is 77.6. The van der Waals surface area contributed by atoms with Crippen molar-refractivity contribution in [3.63, 3.8) is 0 Å². The number of aliphatic carboxylic acids is 1. The van der Waals surface area contributed by atoms with Crippen LogP contribution in [0.3, 0.4) is 0 Å². The topological polar surface area (TPSA) is 540 Å². The van der Waals surface area contributed by atoms with Gasteiger partial charge in [0.2, 0.25) is 59.1 Å². The van der Waals surface area contributed by atoms with Crippen LogP contribution in [0.1, 0.15) is 142 Å². The monoisotopic (exact) mass is 1330 g/mol. The Bertz CT molecular complexity index is 2670. The molecule has 34 heteroatoms. The number of aliphatic hydroxyl groups excluding tert-OH is 1. The van der Waals surface area contributed by atoms with E-state index in [-0.39, 0.29) is 121 Å². The summed E-state index contributed by atoms with van der Waals surface area (Å²) in [5.74, 6) is -8.51. The van der Waals surface area contributed by atoms with Crippen LogP contribution in [0.2, 0.25) is 0 Å². The molecule has 93 heavy (non-hydrogen) atoms. The van der Waals surface area contributed by atoms with Gasteiger partial charge in [0.05, 0.1) is 25.5 Å². The van der Waals surface area contributed by atoms with Crippen LogP contribution in [0.15, 0.2) is 22.5 Å². The summed E-state index contributed by atoms with van der Waals surface area (Å²) >= 11 is 1.44. The third-order valence-electron chi connectivity index (χ3n) is 16.5. The summed E-state index contributed by atoms with van der Waals surface area (Å²) in [5.41, 5.74) is 34.2. The summed E-state index contributed by atoms with van der Waals surface area (Å²) in [6, 6.07) is -12.3. The average Bonchev–Trinajstić information content (AvgIpc) is 1.84. The molecular weight excluding hydrogens is 1230 g/mol. The fourth-order valence-electron chi connectivity index (χ4n) is 11.5. The molecule has 1 aromatic heterocycles. The number of carboxylic acid groups (broad SMARTS) is 1. The van der Waals surface area contributed by atoms with Gasteiger partial charge in [0.1, 0.15) is 54.4 Å². The van der Waals surface area contributed by atoms with Crippen molar-refractivity contribution in [1.82, 2.24) is 62.3 Å². The Balaban J connectivity index is 1.45. The molecule has 0 radical (unpaired) electrons. The summed E-state index contributed by atoms with van der Waals surface area (Å²) in [6.07, 6.45) is 12.7. The molecule has 3 heterocycles. The van der Waals surface area contributed by atoms with Crippen molar-refractivity contribution in [3.05, 3.63) is 18.2 Å². The molecule has 0 bridgehead atoms. The molecule has 0 unspecified atom stereocenters. The van der Waals surface area contributed by atoms with Crippen LogP contribution in [0.25, 0.3) is 0 Å². The van der Waals surface area contributed by atoms with Crippen LogP contribution in [0.5, 0.6) is 0 Å². The molecule has 3 aliphatic rings. The van der Waals surface area contributed by atoms with Crippen molar-refractivity contribution in [2.24, 2.45) is 56.2 Å². The Kier molecular flexibility index (Phi) is 34.2. The lowest BCUT2D eigenvalue weighted by atomic mass is 9.85. The summed E-state index contributed by atoms with van der Waals surface area (Å²) in [7, 11) is 0. The summed E-state index contributed by atoms with van der Waals surface area (Å²) < 4.78 is 0. The number of hydrogen-bond acceptors (Lipinski definition) is 18. The number of carboxylic acids is 1. The first-order chi connectivity index (χ1) is 44.4. The van der Waals surface area contributed by atoms with Crippen LogP contribution in [0, 0.1) is 11.8 Å². The number of rotatable bonds is 41. The van der Waals surface area contributed by atoms with Gasteiger partial charge in [-0.1, -0.05) is 46.0 Å². The number of guanidine groups is 2. The number of unbranched alkanes of at least 4 members (excludes halogenated alkanes) is 1. The highest BCUT2D eigenvalue weighted by molar-refractivity contribution is 7.98. The molecule has 10 atom stereocenters. The molecule has 1 aliphatic carbocycles. The number of amides is 10. The Labute approximate surface area is 547 Å². The number of thioether (sulfide) groups is 1. The fraction of sp³-hybridized carbons (Fsp3) is 0.729.